The minimum absolute atomic E-state index is 0. The summed E-state index contributed by atoms with van der Waals surface area (Å²) in [5.74, 6) is -0.659. The summed E-state index contributed by atoms with van der Waals surface area (Å²) >= 11 is 0. The lowest BCUT2D eigenvalue weighted by atomic mass is 10.0. The van der Waals surface area contributed by atoms with E-state index in [0.29, 0.717) is 6.42 Å². The van der Waals surface area contributed by atoms with Crippen LogP contribution in [-0.4, -0.2) is 17.6 Å². The van der Waals surface area contributed by atoms with Gasteiger partial charge in [-0.05, 0) is 19.4 Å². The Morgan fingerprint density at radius 2 is 0.905 bits per heavy atom. The van der Waals surface area contributed by atoms with Crippen LogP contribution in [0.1, 0.15) is 96.3 Å². The second-order valence-corrected chi connectivity index (χ2v) is 5.88. The first-order valence-corrected chi connectivity index (χ1v) is 8.69. The van der Waals surface area contributed by atoms with Crippen molar-refractivity contribution in [1.82, 2.24) is 0 Å². The topological polar surface area (TPSA) is 63.3 Å². The highest BCUT2D eigenvalue weighted by Crippen LogP contribution is 2.13. The van der Waals surface area contributed by atoms with Gasteiger partial charge >= 0.3 is 5.97 Å². The third kappa shape index (κ3) is 22.1. The summed E-state index contributed by atoms with van der Waals surface area (Å²) in [5.41, 5.74) is 5.46. The normalized spacial score (nSPS) is 10.3. The molecule has 0 aromatic heterocycles. The Bertz CT molecular complexity index is 213. The largest absolute Gasteiger partial charge is 0.481 e. The summed E-state index contributed by atoms with van der Waals surface area (Å²) in [6.07, 6.45) is 18.2. The number of carboxylic acids is 1. The predicted octanol–water partition coefficient (Wildman–Crippen LogP) is 5.30. The van der Waals surface area contributed by atoms with Crippen LogP contribution in [0.4, 0.5) is 0 Å². The molecule has 0 bridgehead atoms. The third-order valence-electron chi connectivity index (χ3n) is 3.84. The molecule has 0 fully saturated rings. The van der Waals surface area contributed by atoms with Gasteiger partial charge < -0.3 is 10.8 Å². The van der Waals surface area contributed by atoms with Crippen LogP contribution in [0.2, 0.25) is 0 Å². The van der Waals surface area contributed by atoms with Crippen molar-refractivity contribution in [1.29, 1.82) is 0 Å². The Kier molecular flexibility index (Phi) is 21.6. The van der Waals surface area contributed by atoms with Crippen LogP contribution < -0.4 is 5.73 Å². The fourth-order valence-corrected chi connectivity index (χ4v) is 2.54. The number of halogens is 1. The van der Waals surface area contributed by atoms with E-state index in [2.05, 4.69) is 0 Å². The average Bonchev–Trinajstić information content (AvgIpc) is 2.43. The van der Waals surface area contributed by atoms with Crippen molar-refractivity contribution in [2.75, 3.05) is 6.54 Å². The van der Waals surface area contributed by atoms with Gasteiger partial charge in [0.05, 0.1) is 0 Å². The molecule has 128 valence electrons. The van der Waals surface area contributed by atoms with E-state index in [1.165, 1.54) is 77.0 Å². The van der Waals surface area contributed by atoms with E-state index in [1.807, 2.05) is 0 Å². The fraction of sp³-hybridized carbons (Fsp3) is 0.941. The van der Waals surface area contributed by atoms with Crippen molar-refractivity contribution in [3.63, 3.8) is 0 Å². The maximum atomic E-state index is 10.3. The van der Waals surface area contributed by atoms with Gasteiger partial charge in [-0.3, -0.25) is 4.79 Å². The summed E-state index contributed by atoms with van der Waals surface area (Å²) < 4.78 is 0. The molecule has 0 rings (SSSR count). The van der Waals surface area contributed by atoms with Crippen molar-refractivity contribution in [3.05, 3.63) is 0 Å². The minimum atomic E-state index is -0.659. The maximum Gasteiger partial charge on any atom is 0.303 e. The maximum absolute atomic E-state index is 10.3. The van der Waals surface area contributed by atoms with Gasteiger partial charge in [-0.1, -0.05) is 77.0 Å². The Balaban J connectivity index is 0. The zero-order valence-corrected chi connectivity index (χ0v) is 14.5. The lowest BCUT2D eigenvalue weighted by Crippen LogP contribution is -1.97. The summed E-state index contributed by atoms with van der Waals surface area (Å²) in [5, 5.41) is 8.51. The molecule has 0 heterocycles. The van der Waals surface area contributed by atoms with E-state index in [1.54, 1.807) is 0 Å². The fourth-order valence-electron chi connectivity index (χ4n) is 2.54. The smallest absolute Gasteiger partial charge is 0.303 e. The van der Waals surface area contributed by atoms with Crippen LogP contribution in [-0.2, 0) is 4.79 Å². The molecule has 0 aliphatic rings. The first kappa shape index (κ1) is 23.0. The van der Waals surface area contributed by atoms with Crippen LogP contribution in [0, 0.1) is 0 Å². The second-order valence-electron chi connectivity index (χ2n) is 5.88. The van der Waals surface area contributed by atoms with E-state index in [9.17, 15) is 4.79 Å². The number of rotatable bonds is 16. The molecule has 0 unspecified atom stereocenters. The number of hydrogen-bond donors (Lipinski definition) is 2. The summed E-state index contributed by atoms with van der Waals surface area (Å²) in [6, 6.07) is 0. The molecule has 0 aromatic rings. The minimum Gasteiger partial charge on any atom is -0.481 e. The van der Waals surface area contributed by atoms with Crippen molar-refractivity contribution in [2.24, 2.45) is 5.73 Å². The molecule has 0 saturated carbocycles. The Labute approximate surface area is 137 Å². The number of aliphatic carboxylic acids is 1. The zero-order valence-electron chi connectivity index (χ0n) is 13.7. The molecular formula is C17H36ClNO2. The molecule has 4 heteroatoms. The molecule has 0 spiro atoms. The number of hydrogen-bond acceptors (Lipinski definition) is 2. The van der Waals surface area contributed by atoms with Crippen molar-refractivity contribution >= 4 is 18.4 Å². The highest BCUT2D eigenvalue weighted by molar-refractivity contribution is 5.85. The van der Waals surface area contributed by atoms with E-state index in [0.717, 1.165) is 19.4 Å². The summed E-state index contributed by atoms with van der Waals surface area (Å²) in [4.78, 5) is 10.3. The highest BCUT2D eigenvalue weighted by atomic mass is 35.5. The van der Waals surface area contributed by atoms with Gasteiger partial charge in [0.1, 0.15) is 0 Å². The zero-order chi connectivity index (χ0) is 14.9. The third-order valence-corrected chi connectivity index (χ3v) is 3.84. The van der Waals surface area contributed by atoms with Crippen LogP contribution >= 0.6 is 12.4 Å². The average molecular weight is 322 g/mol. The van der Waals surface area contributed by atoms with Crippen LogP contribution in [0.5, 0.6) is 0 Å². The number of carboxylic acid groups (broad SMARTS) is 1. The molecule has 21 heavy (non-hydrogen) atoms. The van der Waals surface area contributed by atoms with Crippen LogP contribution in [0.3, 0.4) is 0 Å². The summed E-state index contributed by atoms with van der Waals surface area (Å²) in [6.45, 7) is 0.844. The van der Waals surface area contributed by atoms with Crippen LogP contribution in [0.15, 0.2) is 0 Å². The molecular weight excluding hydrogens is 286 g/mol. The molecule has 0 aliphatic carbocycles. The van der Waals surface area contributed by atoms with Crippen LogP contribution in [0.25, 0.3) is 0 Å². The number of nitrogens with two attached hydrogens (primary N) is 1. The van der Waals surface area contributed by atoms with Gasteiger partial charge in [0.2, 0.25) is 0 Å². The van der Waals surface area contributed by atoms with E-state index < -0.39 is 5.97 Å². The number of unbranched alkanes of at least 4 members (excludes halogenated alkanes) is 13. The van der Waals surface area contributed by atoms with Gasteiger partial charge in [-0.2, -0.15) is 0 Å². The van der Waals surface area contributed by atoms with Crippen molar-refractivity contribution in [2.45, 2.75) is 96.3 Å². The molecule has 0 saturated heterocycles. The molecule has 0 aliphatic heterocycles. The van der Waals surface area contributed by atoms with E-state index in [4.69, 9.17) is 10.8 Å². The molecule has 3 N–H and O–H groups in total. The highest BCUT2D eigenvalue weighted by Gasteiger charge is 1.97. The lowest BCUT2D eigenvalue weighted by Gasteiger charge is -2.03. The van der Waals surface area contributed by atoms with Gasteiger partial charge in [0.25, 0.3) is 0 Å². The molecule has 0 atom stereocenters. The Morgan fingerprint density at radius 1 is 0.619 bits per heavy atom. The first-order valence-electron chi connectivity index (χ1n) is 8.69. The quantitative estimate of drug-likeness (QED) is 0.379. The number of carbonyl (C=O) groups is 1. The predicted molar refractivity (Wildman–Crippen MR) is 93.2 cm³/mol. The van der Waals surface area contributed by atoms with E-state index >= 15 is 0 Å². The SMILES string of the molecule is Cl.NCCCCCCCCCCCCCCCCC(=O)O. The molecule has 0 amide bonds. The summed E-state index contributed by atoms with van der Waals surface area (Å²) in [7, 11) is 0. The van der Waals surface area contributed by atoms with Gasteiger partial charge in [0, 0.05) is 6.42 Å². The monoisotopic (exact) mass is 321 g/mol. The van der Waals surface area contributed by atoms with E-state index in [-0.39, 0.29) is 12.4 Å². The van der Waals surface area contributed by atoms with Crippen molar-refractivity contribution < 1.29 is 9.90 Å². The van der Waals surface area contributed by atoms with Gasteiger partial charge in [-0.25, -0.2) is 0 Å². The molecule has 0 radical (unpaired) electrons. The second kappa shape index (κ2) is 19.7. The van der Waals surface area contributed by atoms with Gasteiger partial charge in [0.15, 0.2) is 0 Å². The van der Waals surface area contributed by atoms with Gasteiger partial charge in [-0.15, -0.1) is 12.4 Å². The Hall–Kier alpha value is -0.280. The standard InChI is InChI=1S/C17H35NO2.ClH/c18-16-14-12-10-8-6-4-2-1-3-5-7-9-11-13-15-17(19)20;/h1-16,18H2,(H,19,20);1H. The first-order chi connectivity index (χ1) is 9.77. The molecule has 3 nitrogen and oxygen atoms in total. The lowest BCUT2D eigenvalue weighted by molar-refractivity contribution is -0.137. The Morgan fingerprint density at radius 3 is 1.19 bits per heavy atom. The molecule has 0 aromatic carbocycles. The van der Waals surface area contributed by atoms with Crippen molar-refractivity contribution in [3.8, 4) is 0 Å².